The number of aldehydes is 1. The van der Waals surface area contributed by atoms with E-state index in [4.69, 9.17) is 5.11 Å². The second-order valence-electron chi connectivity index (χ2n) is 6.46. The van der Waals surface area contributed by atoms with Crippen LogP contribution in [-0.2, 0) is 4.79 Å². The van der Waals surface area contributed by atoms with Crippen molar-refractivity contribution in [1.82, 2.24) is 10.0 Å². The summed E-state index contributed by atoms with van der Waals surface area (Å²) in [4.78, 5) is 11.7. The molecule has 0 aliphatic carbocycles. The van der Waals surface area contributed by atoms with Crippen molar-refractivity contribution in [2.75, 3.05) is 14.2 Å². The third-order valence-electron chi connectivity index (χ3n) is 3.56. The number of aliphatic hydroxyl groups excluding tert-OH is 1. The van der Waals surface area contributed by atoms with Crippen LogP contribution < -0.4 is 10.0 Å². The normalized spacial score (nSPS) is 13.1. The van der Waals surface area contributed by atoms with E-state index in [2.05, 4.69) is 43.0 Å². The molecule has 0 spiro atoms. The van der Waals surface area contributed by atoms with Crippen LogP contribution in [0.25, 0.3) is 0 Å². The maximum atomic E-state index is 10.6. The molecule has 0 bridgehead atoms. The predicted molar refractivity (Wildman–Crippen MR) is 115 cm³/mol. The highest BCUT2D eigenvalue weighted by Gasteiger charge is 2.15. The Morgan fingerprint density at radius 3 is 2.23 bits per heavy atom. The van der Waals surface area contributed by atoms with E-state index < -0.39 is 5.54 Å². The molecule has 0 saturated heterocycles. The molecule has 0 aliphatic heterocycles. The number of aliphatic hydroxyl groups is 1. The summed E-state index contributed by atoms with van der Waals surface area (Å²) in [5.74, 6) is 0.751. The lowest BCUT2D eigenvalue weighted by molar-refractivity contribution is -0.111. The molecule has 3 N–H and O–H groups in total. The fraction of sp³-hybridized carbons (Fsp3) is 0.571. The number of hydrogen-bond acceptors (Lipinski definition) is 5. The lowest BCUT2D eigenvalue weighted by Gasteiger charge is -2.19. The smallest absolute Gasteiger partial charge is 0.140 e. The minimum Gasteiger partial charge on any atom is -0.400 e. The average molecular weight is 383 g/mol. The Morgan fingerprint density at radius 1 is 1.23 bits per heavy atom. The summed E-state index contributed by atoms with van der Waals surface area (Å²) in [5, 5.41) is 10.3. The molecule has 0 radical (unpaired) electrons. The van der Waals surface area contributed by atoms with E-state index in [1.54, 1.807) is 0 Å². The van der Waals surface area contributed by atoms with Gasteiger partial charge in [-0.1, -0.05) is 50.6 Å². The Kier molecular flexibility index (Phi) is 18.0. The molecule has 26 heavy (non-hydrogen) atoms. The van der Waals surface area contributed by atoms with Crippen LogP contribution in [0.3, 0.4) is 0 Å². The van der Waals surface area contributed by atoms with Gasteiger partial charge in [-0.2, -0.15) is 0 Å². The van der Waals surface area contributed by atoms with Crippen molar-refractivity contribution in [1.29, 1.82) is 0 Å². The summed E-state index contributed by atoms with van der Waals surface area (Å²) in [6, 6.07) is 10.5. The number of rotatable bonds is 9. The van der Waals surface area contributed by atoms with Gasteiger partial charge in [0, 0.05) is 18.0 Å². The van der Waals surface area contributed by atoms with Crippen LogP contribution in [-0.4, -0.2) is 37.1 Å². The standard InChI is InChI=1S/C10H13NOS.C10H21N.CH4O/c1-10(2,8-12)11-13-9-6-4-3-5-7-9;1-5-7-9(3)10(11-4)8-6-2;1-2/h3-8,11H,1-2H3;6,8-11H,5,7H2,1-4H3;2H,1H3/b;8-6+;. The van der Waals surface area contributed by atoms with Gasteiger partial charge >= 0.3 is 0 Å². The van der Waals surface area contributed by atoms with Gasteiger partial charge in [-0.25, -0.2) is 4.72 Å². The highest BCUT2D eigenvalue weighted by molar-refractivity contribution is 7.97. The van der Waals surface area contributed by atoms with Crippen molar-refractivity contribution < 1.29 is 9.90 Å². The van der Waals surface area contributed by atoms with Gasteiger partial charge in [0.15, 0.2) is 0 Å². The number of likely N-dealkylation sites (N-methyl/N-ethyl adjacent to an activating group) is 1. The van der Waals surface area contributed by atoms with Gasteiger partial charge < -0.3 is 15.2 Å². The average Bonchev–Trinajstić information content (AvgIpc) is 2.67. The summed E-state index contributed by atoms with van der Waals surface area (Å²) < 4.78 is 3.07. The van der Waals surface area contributed by atoms with Gasteiger partial charge in [-0.05, 0) is 64.2 Å². The summed E-state index contributed by atoms with van der Waals surface area (Å²) in [6.07, 6.45) is 7.84. The van der Waals surface area contributed by atoms with Crippen molar-refractivity contribution in [2.24, 2.45) is 5.92 Å². The summed E-state index contributed by atoms with van der Waals surface area (Å²) in [7, 11) is 3.02. The predicted octanol–water partition coefficient (Wildman–Crippen LogP) is 4.46. The first-order chi connectivity index (χ1) is 12.4. The zero-order valence-corrected chi connectivity index (χ0v) is 18.3. The number of allylic oxidation sites excluding steroid dienone is 1. The zero-order valence-electron chi connectivity index (χ0n) is 17.5. The zero-order chi connectivity index (χ0) is 20.4. The second-order valence-corrected chi connectivity index (χ2v) is 7.34. The molecule has 2 atom stereocenters. The van der Waals surface area contributed by atoms with Crippen LogP contribution in [0.15, 0.2) is 47.4 Å². The van der Waals surface area contributed by atoms with Gasteiger partial charge in [0.25, 0.3) is 0 Å². The lowest BCUT2D eigenvalue weighted by Crippen LogP contribution is -2.35. The summed E-state index contributed by atoms with van der Waals surface area (Å²) >= 11 is 1.47. The van der Waals surface area contributed by atoms with Crippen LogP contribution in [0.2, 0.25) is 0 Å². The molecule has 4 nitrogen and oxygen atoms in total. The van der Waals surface area contributed by atoms with Crippen LogP contribution in [0.4, 0.5) is 0 Å². The first-order valence-electron chi connectivity index (χ1n) is 9.10. The topological polar surface area (TPSA) is 61.4 Å². The Bertz CT molecular complexity index is 464. The van der Waals surface area contributed by atoms with E-state index in [0.29, 0.717) is 6.04 Å². The summed E-state index contributed by atoms with van der Waals surface area (Å²) in [6.45, 7) is 10.3. The number of hydrogen-bond donors (Lipinski definition) is 3. The van der Waals surface area contributed by atoms with Crippen molar-refractivity contribution in [2.45, 2.75) is 63.9 Å². The SMILES string of the molecule is C/C=C/C(NC)C(C)CCC.CC(C)(C=O)NSc1ccccc1.CO. The first-order valence-corrected chi connectivity index (χ1v) is 9.92. The number of benzene rings is 1. The first kappa shape index (κ1) is 27.1. The Hall–Kier alpha value is -1.14. The molecule has 1 aromatic rings. The molecule has 2 unspecified atom stereocenters. The molecule has 0 saturated carbocycles. The second kappa shape index (κ2) is 17.3. The highest BCUT2D eigenvalue weighted by Crippen LogP contribution is 2.16. The van der Waals surface area contributed by atoms with Crippen molar-refractivity contribution >= 4 is 18.2 Å². The Morgan fingerprint density at radius 2 is 1.81 bits per heavy atom. The third-order valence-corrected chi connectivity index (χ3v) is 4.70. The summed E-state index contributed by atoms with van der Waals surface area (Å²) in [5.41, 5.74) is -0.472. The molecular formula is C21H38N2O2S. The van der Waals surface area contributed by atoms with Crippen molar-refractivity contribution in [3.63, 3.8) is 0 Å². The fourth-order valence-corrected chi connectivity index (χ4v) is 2.84. The van der Waals surface area contributed by atoms with Gasteiger partial charge in [-0.3, -0.25) is 0 Å². The van der Waals surface area contributed by atoms with Crippen molar-refractivity contribution in [3.8, 4) is 0 Å². The van der Waals surface area contributed by atoms with Crippen LogP contribution in [0.1, 0.15) is 47.5 Å². The quantitative estimate of drug-likeness (QED) is 0.334. The molecule has 0 aliphatic rings. The fourth-order valence-electron chi connectivity index (χ4n) is 2.12. The Labute approximate surface area is 165 Å². The van der Waals surface area contributed by atoms with Crippen LogP contribution >= 0.6 is 11.9 Å². The molecule has 5 heteroatoms. The number of carbonyl (C=O) groups is 1. The minimum absolute atomic E-state index is 0.472. The number of carbonyl (C=O) groups excluding carboxylic acids is 1. The van der Waals surface area contributed by atoms with Gasteiger partial charge in [-0.15, -0.1) is 0 Å². The molecule has 0 fully saturated rings. The molecule has 150 valence electrons. The largest absolute Gasteiger partial charge is 0.400 e. The molecule has 0 heterocycles. The van der Waals surface area contributed by atoms with E-state index in [1.807, 2.05) is 51.2 Å². The van der Waals surface area contributed by atoms with E-state index >= 15 is 0 Å². The van der Waals surface area contributed by atoms with Crippen LogP contribution in [0.5, 0.6) is 0 Å². The monoisotopic (exact) mass is 382 g/mol. The maximum Gasteiger partial charge on any atom is 0.140 e. The van der Waals surface area contributed by atoms with E-state index in [9.17, 15) is 4.79 Å². The maximum absolute atomic E-state index is 10.6. The minimum atomic E-state index is -0.472. The third kappa shape index (κ3) is 14.1. The molecular weight excluding hydrogens is 344 g/mol. The number of nitrogens with one attached hydrogen (secondary N) is 2. The van der Waals surface area contributed by atoms with Gasteiger partial charge in [0.05, 0.1) is 5.54 Å². The van der Waals surface area contributed by atoms with Gasteiger partial charge in [0.1, 0.15) is 6.29 Å². The molecule has 1 rings (SSSR count). The van der Waals surface area contributed by atoms with Crippen molar-refractivity contribution in [3.05, 3.63) is 42.5 Å². The lowest BCUT2D eigenvalue weighted by atomic mass is 9.97. The molecule has 0 amide bonds. The molecule has 1 aromatic carbocycles. The van der Waals surface area contributed by atoms with E-state index in [1.165, 1.54) is 24.8 Å². The van der Waals surface area contributed by atoms with E-state index in [0.717, 1.165) is 24.2 Å². The van der Waals surface area contributed by atoms with E-state index in [-0.39, 0.29) is 0 Å². The van der Waals surface area contributed by atoms with Gasteiger partial charge in [0.2, 0.25) is 0 Å². The van der Waals surface area contributed by atoms with Crippen LogP contribution in [0, 0.1) is 5.92 Å². The highest BCUT2D eigenvalue weighted by atomic mass is 32.2. The Balaban J connectivity index is 0. The molecule has 0 aromatic heterocycles.